The number of carbonyl (C=O) groups excluding carboxylic acids is 1. The molecule has 0 N–H and O–H groups in total. The second-order valence-corrected chi connectivity index (χ2v) is 6.91. The second-order valence-electron chi connectivity index (χ2n) is 4.52. The lowest BCUT2D eigenvalue weighted by atomic mass is 10.2. The predicted octanol–water partition coefficient (Wildman–Crippen LogP) is 4.25. The van der Waals surface area contributed by atoms with Crippen LogP contribution in [0.5, 0.6) is 5.75 Å². The Morgan fingerprint density at radius 2 is 2.10 bits per heavy atom. The van der Waals surface area contributed by atoms with Gasteiger partial charge in [0.25, 0.3) is 0 Å². The number of aromatic nitrogens is 1. The third-order valence-corrected chi connectivity index (χ3v) is 4.46. The number of thiazole rings is 1. The molecular formula is C15H17BrN2O2S. The van der Waals surface area contributed by atoms with Gasteiger partial charge in [0.2, 0.25) is 5.91 Å². The third kappa shape index (κ3) is 4.28. The van der Waals surface area contributed by atoms with E-state index in [4.69, 9.17) is 4.74 Å². The number of rotatable bonds is 6. The Bertz CT molecular complexity index is 598. The Labute approximate surface area is 136 Å². The number of anilines is 1. The first-order valence-electron chi connectivity index (χ1n) is 6.68. The molecule has 0 atom stereocenters. The summed E-state index contributed by atoms with van der Waals surface area (Å²) in [6.07, 6.45) is 3.07. The number of hydrogen-bond donors (Lipinski definition) is 0. The lowest BCUT2D eigenvalue weighted by molar-refractivity contribution is -0.118. The fraction of sp³-hybridized carbons (Fsp3) is 0.333. The van der Waals surface area contributed by atoms with E-state index in [0.29, 0.717) is 13.0 Å². The van der Waals surface area contributed by atoms with E-state index in [-0.39, 0.29) is 5.91 Å². The van der Waals surface area contributed by atoms with Gasteiger partial charge in [0.1, 0.15) is 5.75 Å². The van der Waals surface area contributed by atoms with Gasteiger partial charge in [0.05, 0.1) is 23.6 Å². The van der Waals surface area contributed by atoms with E-state index in [0.717, 1.165) is 26.7 Å². The zero-order chi connectivity index (χ0) is 15.2. The quantitative estimate of drug-likeness (QED) is 0.765. The number of hydrogen-bond acceptors (Lipinski definition) is 4. The van der Waals surface area contributed by atoms with E-state index >= 15 is 0 Å². The standard InChI is InChI=1S/C15H17BrN2O2S/c1-3-4-14(19)18(15-17-9-13(16)21-15)10-11-5-7-12(20-2)8-6-11/h5-9H,3-4,10H2,1-2H3. The Hall–Kier alpha value is -1.40. The first-order valence-corrected chi connectivity index (χ1v) is 8.29. The van der Waals surface area contributed by atoms with Crippen molar-refractivity contribution in [2.24, 2.45) is 0 Å². The Morgan fingerprint density at radius 3 is 2.62 bits per heavy atom. The molecule has 1 amide bonds. The van der Waals surface area contributed by atoms with E-state index in [2.05, 4.69) is 20.9 Å². The molecule has 0 spiro atoms. The highest BCUT2D eigenvalue weighted by Crippen LogP contribution is 2.28. The molecule has 1 aromatic carbocycles. The van der Waals surface area contributed by atoms with Gasteiger partial charge in [-0.1, -0.05) is 30.4 Å². The molecule has 2 rings (SSSR count). The van der Waals surface area contributed by atoms with Crippen LogP contribution in [-0.4, -0.2) is 18.0 Å². The van der Waals surface area contributed by atoms with Crippen LogP contribution >= 0.6 is 27.3 Å². The molecule has 0 saturated carbocycles. The van der Waals surface area contributed by atoms with Gasteiger partial charge in [-0.15, -0.1) is 0 Å². The number of benzene rings is 1. The van der Waals surface area contributed by atoms with Crippen LogP contribution in [0, 0.1) is 0 Å². The number of nitrogens with zero attached hydrogens (tertiary/aromatic N) is 2. The zero-order valence-electron chi connectivity index (χ0n) is 12.0. The molecule has 0 radical (unpaired) electrons. The Kier molecular flexibility index (Phi) is 5.76. The molecular weight excluding hydrogens is 352 g/mol. The first kappa shape index (κ1) is 16.0. The summed E-state index contributed by atoms with van der Waals surface area (Å²) < 4.78 is 6.07. The van der Waals surface area contributed by atoms with Crippen LogP contribution < -0.4 is 9.64 Å². The highest BCUT2D eigenvalue weighted by Gasteiger charge is 2.18. The maximum atomic E-state index is 12.3. The molecule has 0 unspecified atom stereocenters. The molecule has 0 aliphatic rings. The van der Waals surface area contributed by atoms with E-state index in [9.17, 15) is 4.79 Å². The van der Waals surface area contributed by atoms with Gasteiger partial charge in [0, 0.05) is 6.42 Å². The van der Waals surface area contributed by atoms with Crippen molar-refractivity contribution in [2.75, 3.05) is 12.0 Å². The molecule has 112 valence electrons. The maximum Gasteiger partial charge on any atom is 0.229 e. The number of methoxy groups -OCH3 is 1. The van der Waals surface area contributed by atoms with Crippen molar-refractivity contribution in [2.45, 2.75) is 26.3 Å². The van der Waals surface area contributed by atoms with Crippen LogP contribution in [0.2, 0.25) is 0 Å². The van der Waals surface area contributed by atoms with Gasteiger partial charge in [-0.05, 0) is 40.0 Å². The predicted molar refractivity (Wildman–Crippen MR) is 88.9 cm³/mol. The summed E-state index contributed by atoms with van der Waals surface area (Å²) in [5.41, 5.74) is 1.05. The summed E-state index contributed by atoms with van der Waals surface area (Å²) in [5, 5.41) is 0.719. The highest BCUT2D eigenvalue weighted by molar-refractivity contribution is 9.11. The summed E-state index contributed by atoms with van der Waals surface area (Å²) in [6, 6.07) is 7.73. The van der Waals surface area contributed by atoms with Crippen molar-refractivity contribution in [1.82, 2.24) is 4.98 Å². The molecule has 2 aromatic rings. The molecule has 0 bridgehead atoms. The number of halogens is 1. The second kappa shape index (κ2) is 7.56. The minimum absolute atomic E-state index is 0.0927. The van der Waals surface area contributed by atoms with Crippen molar-refractivity contribution in [1.29, 1.82) is 0 Å². The van der Waals surface area contributed by atoms with Gasteiger partial charge >= 0.3 is 0 Å². The van der Waals surface area contributed by atoms with E-state index < -0.39 is 0 Å². The summed E-state index contributed by atoms with van der Waals surface area (Å²) >= 11 is 4.86. The SMILES string of the molecule is CCCC(=O)N(Cc1ccc(OC)cc1)c1ncc(Br)s1. The van der Waals surface area contributed by atoms with E-state index in [1.165, 1.54) is 11.3 Å². The van der Waals surface area contributed by atoms with Gasteiger partial charge in [-0.3, -0.25) is 9.69 Å². The minimum Gasteiger partial charge on any atom is -0.497 e. The molecule has 1 heterocycles. The fourth-order valence-corrected chi connectivity index (χ4v) is 3.09. The normalized spacial score (nSPS) is 10.4. The molecule has 0 aliphatic carbocycles. The Balaban J connectivity index is 2.20. The average molecular weight is 369 g/mol. The van der Waals surface area contributed by atoms with Crippen LogP contribution in [0.15, 0.2) is 34.2 Å². The van der Waals surface area contributed by atoms with Crippen molar-refractivity contribution in [3.05, 3.63) is 39.8 Å². The van der Waals surface area contributed by atoms with Crippen molar-refractivity contribution in [3.63, 3.8) is 0 Å². The summed E-state index contributed by atoms with van der Waals surface area (Å²) in [7, 11) is 1.64. The summed E-state index contributed by atoms with van der Waals surface area (Å²) in [4.78, 5) is 18.4. The van der Waals surface area contributed by atoms with Gasteiger partial charge < -0.3 is 4.74 Å². The van der Waals surface area contributed by atoms with Crippen LogP contribution in [0.4, 0.5) is 5.13 Å². The van der Waals surface area contributed by atoms with Crippen molar-refractivity contribution < 1.29 is 9.53 Å². The topological polar surface area (TPSA) is 42.4 Å². The lowest BCUT2D eigenvalue weighted by Crippen LogP contribution is -2.29. The van der Waals surface area contributed by atoms with Gasteiger partial charge in [-0.2, -0.15) is 0 Å². The van der Waals surface area contributed by atoms with Crippen LogP contribution in [0.25, 0.3) is 0 Å². The minimum atomic E-state index is 0.0927. The highest BCUT2D eigenvalue weighted by atomic mass is 79.9. The molecule has 4 nitrogen and oxygen atoms in total. The van der Waals surface area contributed by atoms with E-state index in [1.807, 2.05) is 31.2 Å². The largest absolute Gasteiger partial charge is 0.497 e. The zero-order valence-corrected chi connectivity index (χ0v) is 14.4. The number of amides is 1. The van der Waals surface area contributed by atoms with Crippen LogP contribution in [-0.2, 0) is 11.3 Å². The van der Waals surface area contributed by atoms with Gasteiger partial charge in [0.15, 0.2) is 5.13 Å². The lowest BCUT2D eigenvalue weighted by Gasteiger charge is -2.20. The van der Waals surface area contributed by atoms with Crippen molar-refractivity contribution in [3.8, 4) is 5.75 Å². The van der Waals surface area contributed by atoms with Crippen LogP contribution in [0.1, 0.15) is 25.3 Å². The monoisotopic (exact) mass is 368 g/mol. The third-order valence-electron chi connectivity index (χ3n) is 2.96. The van der Waals surface area contributed by atoms with E-state index in [1.54, 1.807) is 18.2 Å². The molecule has 0 aliphatic heterocycles. The fourth-order valence-electron chi connectivity index (χ4n) is 1.90. The first-order chi connectivity index (χ1) is 10.1. The molecule has 0 fully saturated rings. The maximum absolute atomic E-state index is 12.3. The van der Waals surface area contributed by atoms with Crippen LogP contribution in [0.3, 0.4) is 0 Å². The summed E-state index contributed by atoms with van der Waals surface area (Å²) in [6.45, 7) is 2.52. The number of carbonyl (C=O) groups is 1. The molecule has 6 heteroatoms. The Morgan fingerprint density at radius 1 is 1.38 bits per heavy atom. The molecule has 21 heavy (non-hydrogen) atoms. The number of ether oxygens (including phenoxy) is 1. The smallest absolute Gasteiger partial charge is 0.229 e. The molecule has 0 saturated heterocycles. The van der Waals surface area contributed by atoms with Crippen molar-refractivity contribution >= 4 is 38.3 Å². The van der Waals surface area contributed by atoms with Gasteiger partial charge in [-0.25, -0.2) is 4.98 Å². The molecule has 1 aromatic heterocycles. The average Bonchev–Trinajstić information content (AvgIpc) is 2.92. The summed E-state index contributed by atoms with van der Waals surface area (Å²) in [5.74, 6) is 0.900.